The number of aliphatic hydroxyl groups excluding tert-OH is 1. The number of benzene rings is 1. The number of nitrogens with zero attached hydrogens (tertiary/aromatic N) is 1. The molecule has 1 aliphatic rings. The molecular weight excluding hydrogens is 214 g/mol. The van der Waals surface area contributed by atoms with Crippen molar-refractivity contribution in [3.63, 3.8) is 0 Å². The maximum atomic E-state index is 12.2. The lowest BCUT2D eigenvalue weighted by Crippen LogP contribution is -2.22. The molecule has 1 aromatic heterocycles. The van der Waals surface area contributed by atoms with Crippen LogP contribution in [0.25, 0.3) is 10.9 Å². The molecule has 3 heteroatoms. The zero-order valence-corrected chi connectivity index (χ0v) is 9.34. The Morgan fingerprint density at radius 2 is 2.12 bits per heavy atom. The van der Waals surface area contributed by atoms with Crippen LogP contribution >= 0.6 is 0 Å². The first-order valence-corrected chi connectivity index (χ1v) is 5.83. The van der Waals surface area contributed by atoms with E-state index >= 15 is 0 Å². The predicted molar refractivity (Wildman–Crippen MR) is 64.8 cm³/mol. The van der Waals surface area contributed by atoms with E-state index in [0.29, 0.717) is 5.56 Å². The van der Waals surface area contributed by atoms with Crippen molar-refractivity contribution in [2.24, 2.45) is 5.92 Å². The van der Waals surface area contributed by atoms with Crippen LogP contribution in [0.5, 0.6) is 0 Å². The molecule has 0 aliphatic heterocycles. The predicted octanol–water partition coefficient (Wildman–Crippen LogP) is 2.19. The smallest absolute Gasteiger partial charge is 0.192 e. The van der Waals surface area contributed by atoms with Gasteiger partial charge in [0.25, 0.3) is 0 Å². The number of carbonyl (C=O) groups excluding carboxylic acids is 1. The number of pyridine rings is 1. The topological polar surface area (TPSA) is 50.2 Å². The van der Waals surface area contributed by atoms with Gasteiger partial charge in [0.05, 0.1) is 5.52 Å². The van der Waals surface area contributed by atoms with Gasteiger partial charge in [-0.1, -0.05) is 18.2 Å². The van der Waals surface area contributed by atoms with Gasteiger partial charge in [-0.2, -0.15) is 0 Å². The fourth-order valence-corrected chi connectivity index (χ4v) is 2.10. The van der Waals surface area contributed by atoms with Gasteiger partial charge in [-0.15, -0.1) is 0 Å². The summed E-state index contributed by atoms with van der Waals surface area (Å²) in [4.78, 5) is 16.4. The van der Waals surface area contributed by atoms with Crippen LogP contribution in [0.3, 0.4) is 0 Å². The van der Waals surface area contributed by atoms with Crippen molar-refractivity contribution in [2.75, 3.05) is 0 Å². The molecular formula is C14H13NO2. The summed E-state index contributed by atoms with van der Waals surface area (Å²) in [6.07, 6.45) is 2.76. The number of carbonyl (C=O) groups is 1. The number of hydrogen-bond acceptors (Lipinski definition) is 3. The summed E-state index contributed by atoms with van der Waals surface area (Å²) >= 11 is 0. The SMILES string of the molecule is O=C(c1cccc2ncccc12)C(O)C1CC1. The highest BCUT2D eigenvalue weighted by atomic mass is 16.3. The highest BCUT2D eigenvalue weighted by Gasteiger charge is 2.35. The van der Waals surface area contributed by atoms with Gasteiger partial charge in [-0.05, 0) is 30.9 Å². The number of ketones is 1. The summed E-state index contributed by atoms with van der Waals surface area (Å²) in [5.74, 6) is -0.0134. The molecule has 0 bridgehead atoms. The molecule has 1 atom stereocenters. The van der Waals surface area contributed by atoms with Crippen molar-refractivity contribution in [3.05, 3.63) is 42.1 Å². The number of hydrogen-bond donors (Lipinski definition) is 1. The summed E-state index contributed by atoms with van der Waals surface area (Å²) in [7, 11) is 0. The van der Waals surface area contributed by atoms with Crippen LogP contribution in [0.1, 0.15) is 23.2 Å². The zero-order chi connectivity index (χ0) is 11.8. The summed E-state index contributed by atoms with van der Waals surface area (Å²) in [6, 6.07) is 9.12. The molecule has 1 unspecified atom stereocenters. The van der Waals surface area contributed by atoms with E-state index in [1.165, 1.54) is 0 Å². The Bertz CT molecular complexity index is 570. The summed E-state index contributed by atoms with van der Waals surface area (Å²) < 4.78 is 0. The second kappa shape index (κ2) is 3.93. The number of Topliss-reactive ketones (excluding diaryl/α,β-unsaturated/α-hetero) is 1. The molecule has 1 N–H and O–H groups in total. The van der Waals surface area contributed by atoms with Crippen LogP contribution in [0.15, 0.2) is 36.5 Å². The minimum atomic E-state index is -0.846. The Kier molecular flexibility index (Phi) is 2.41. The highest BCUT2D eigenvalue weighted by molar-refractivity contribution is 6.09. The Balaban J connectivity index is 2.07. The second-order valence-corrected chi connectivity index (χ2v) is 4.52. The second-order valence-electron chi connectivity index (χ2n) is 4.52. The minimum Gasteiger partial charge on any atom is -0.385 e. The molecule has 1 saturated carbocycles. The van der Waals surface area contributed by atoms with Crippen LogP contribution in [-0.4, -0.2) is 22.0 Å². The average molecular weight is 227 g/mol. The molecule has 2 aromatic rings. The Morgan fingerprint density at radius 3 is 2.88 bits per heavy atom. The highest BCUT2D eigenvalue weighted by Crippen LogP contribution is 2.34. The number of aromatic nitrogens is 1. The largest absolute Gasteiger partial charge is 0.385 e. The van der Waals surface area contributed by atoms with Gasteiger partial charge in [0, 0.05) is 17.1 Å². The van der Waals surface area contributed by atoms with Crippen LogP contribution < -0.4 is 0 Å². The van der Waals surface area contributed by atoms with Gasteiger partial charge in [-0.25, -0.2) is 0 Å². The minimum absolute atomic E-state index is 0.162. The fraction of sp³-hybridized carbons (Fsp3) is 0.286. The molecule has 0 spiro atoms. The molecule has 0 radical (unpaired) electrons. The van der Waals surface area contributed by atoms with Gasteiger partial charge in [0.1, 0.15) is 6.10 Å². The molecule has 3 rings (SSSR count). The Hall–Kier alpha value is -1.74. The quantitative estimate of drug-likeness (QED) is 0.818. The van der Waals surface area contributed by atoms with E-state index < -0.39 is 6.10 Å². The molecule has 0 amide bonds. The van der Waals surface area contributed by atoms with Gasteiger partial charge >= 0.3 is 0 Å². The molecule has 1 aromatic carbocycles. The average Bonchev–Trinajstić information content (AvgIpc) is 3.20. The molecule has 0 saturated heterocycles. The van der Waals surface area contributed by atoms with Crippen LogP contribution in [0.4, 0.5) is 0 Å². The maximum Gasteiger partial charge on any atom is 0.192 e. The lowest BCUT2D eigenvalue weighted by molar-refractivity contribution is 0.0706. The first-order chi connectivity index (χ1) is 8.27. The van der Waals surface area contributed by atoms with E-state index in [1.54, 1.807) is 12.3 Å². The molecule has 17 heavy (non-hydrogen) atoms. The van der Waals surface area contributed by atoms with Gasteiger partial charge in [0.2, 0.25) is 0 Å². The number of fused-ring (bicyclic) bond motifs is 1. The van der Waals surface area contributed by atoms with Crippen molar-refractivity contribution in [3.8, 4) is 0 Å². The summed E-state index contributed by atoms with van der Waals surface area (Å²) in [5, 5.41) is 10.7. The van der Waals surface area contributed by atoms with Crippen molar-refractivity contribution in [1.29, 1.82) is 0 Å². The van der Waals surface area contributed by atoms with E-state index in [1.807, 2.05) is 24.3 Å². The van der Waals surface area contributed by atoms with E-state index in [4.69, 9.17) is 0 Å². The maximum absolute atomic E-state index is 12.2. The van der Waals surface area contributed by atoms with E-state index in [-0.39, 0.29) is 11.7 Å². The van der Waals surface area contributed by atoms with Crippen LogP contribution in [0.2, 0.25) is 0 Å². The van der Waals surface area contributed by atoms with E-state index in [0.717, 1.165) is 23.7 Å². The molecule has 3 nitrogen and oxygen atoms in total. The molecule has 1 heterocycles. The van der Waals surface area contributed by atoms with E-state index in [2.05, 4.69) is 4.98 Å². The molecule has 1 fully saturated rings. The Morgan fingerprint density at radius 1 is 1.29 bits per heavy atom. The lowest BCUT2D eigenvalue weighted by atomic mass is 9.99. The first kappa shape index (κ1) is 10.4. The first-order valence-electron chi connectivity index (χ1n) is 5.83. The van der Waals surface area contributed by atoms with Crippen molar-refractivity contribution in [2.45, 2.75) is 18.9 Å². The van der Waals surface area contributed by atoms with Gasteiger partial charge in [0.15, 0.2) is 5.78 Å². The van der Waals surface area contributed by atoms with Gasteiger partial charge in [-0.3, -0.25) is 9.78 Å². The Labute approximate surface area is 99.1 Å². The van der Waals surface area contributed by atoms with E-state index in [9.17, 15) is 9.90 Å². The summed E-state index contributed by atoms with van der Waals surface area (Å²) in [6.45, 7) is 0. The van der Waals surface area contributed by atoms with Crippen LogP contribution in [-0.2, 0) is 0 Å². The lowest BCUT2D eigenvalue weighted by Gasteiger charge is -2.10. The third-order valence-electron chi connectivity index (χ3n) is 3.25. The van der Waals surface area contributed by atoms with Crippen molar-refractivity contribution < 1.29 is 9.90 Å². The summed E-state index contributed by atoms with van der Waals surface area (Å²) in [5.41, 5.74) is 1.37. The van der Waals surface area contributed by atoms with Crippen LogP contribution in [0, 0.1) is 5.92 Å². The third-order valence-corrected chi connectivity index (χ3v) is 3.25. The fourth-order valence-electron chi connectivity index (χ4n) is 2.10. The molecule has 1 aliphatic carbocycles. The normalized spacial score (nSPS) is 17.0. The van der Waals surface area contributed by atoms with Crippen molar-refractivity contribution >= 4 is 16.7 Å². The molecule has 86 valence electrons. The van der Waals surface area contributed by atoms with Gasteiger partial charge < -0.3 is 5.11 Å². The standard InChI is InChI=1S/C14H13NO2/c16-13(9-6-7-9)14(17)11-3-1-5-12-10(11)4-2-8-15-12/h1-5,8-9,13,16H,6-7H2. The number of aliphatic hydroxyl groups is 1. The number of rotatable bonds is 3. The zero-order valence-electron chi connectivity index (χ0n) is 9.34. The monoisotopic (exact) mass is 227 g/mol. The van der Waals surface area contributed by atoms with Crippen molar-refractivity contribution in [1.82, 2.24) is 4.98 Å². The third kappa shape index (κ3) is 1.83.